The number of fused-ring (bicyclic) bond motifs is 2. The third-order valence-corrected chi connectivity index (χ3v) is 4.40. The first kappa shape index (κ1) is 9.04. The maximum Gasteiger partial charge on any atom is 0.228 e. The first-order chi connectivity index (χ1) is 5.88. The van der Waals surface area contributed by atoms with Crippen molar-refractivity contribution in [2.45, 2.75) is 45.6 Å². The van der Waals surface area contributed by atoms with E-state index in [-0.39, 0.29) is 11.0 Å². The second kappa shape index (κ2) is 2.28. The molecule has 1 aliphatic carbocycles. The third-order valence-electron chi connectivity index (χ3n) is 4.40. The summed E-state index contributed by atoms with van der Waals surface area (Å²) in [6, 6.07) is 0. The van der Waals surface area contributed by atoms with Crippen LogP contribution in [0.2, 0.25) is 0 Å². The van der Waals surface area contributed by atoms with Crippen molar-refractivity contribution in [1.82, 2.24) is 4.90 Å². The van der Waals surface area contributed by atoms with Crippen LogP contribution < -0.4 is 0 Å². The molecule has 2 heteroatoms. The van der Waals surface area contributed by atoms with Crippen LogP contribution in [0.25, 0.3) is 0 Å². The fourth-order valence-electron chi connectivity index (χ4n) is 2.99. The highest BCUT2D eigenvalue weighted by Crippen LogP contribution is 2.52. The Balaban J connectivity index is 2.39. The van der Waals surface area contributed by atoms with Crippen molar-refractivity contribution in [1.29, 1.82) is 0 Å². The Morgan fingerprint density at radius 3 is 2.62 bits per heavy atom. The van der Waals surface area contributed by atoms with Gasteiger partial charge in [0.05, 0.1) is 0 Å². The normalized spacial score (nSPS) is 42.6. The minimum Gasteiger partial charge on any atom is -0.340 e. The molecule has 1 saturated carbocycles. The van der Waals surface area contributed by atoms with Gasteiger partial charge in [-0.15, -0.1) is 0 Å². The molecule has 2 rings (SSSR count). The lowest BCUT2D eigenvalue weighted by Crippen LogP contribution is -2.55. The molecule has 0 aromatic carbocycles. The highest BCUT2D eigenvalue weighted by atomic mass is 16.2. The van der Waals surface area contributed by atoms with E-state index in [9.17, 15) is 4.79 Å². The highest BCUT2D eigenvalue weighted by Gasteiger charge is 2.54. The molecule has 13 heavy (non-hydrogen) atoms. The topological polar surface area (TPSA) is 20.3 Å². The van der Waals surface area contributed by atoms with Crippen molar-refractivity contribution in [3.8, 4) is 0 Å². The zero-order valence-corrected chi connectivity index (χ0v) is 9.05. The lowest BCUT2D eigenvalue weighted by Gasteiger charge is -2.46. The molecule has 74 valence electrons. The number of carbonyl (C=O) groups is 1. The van der Waals surface area contributed by atoms with Crippen molar-refractivity contribution in [2.75, 3.05) is 7.05 Å². The van der Waals surface area contributed by atoms with Crippen LogP contribution in [-0.2, 0) is 4.79 Å². The van der Waals surface area contributed by atoms with Crippen LogP contribution in [0.3, 0.4) is 0 Å². The molecule has 0 aromatic heterocycles. The van der Waals surface area contributed by atoms with Crippen molar-refractivity contribution < 1.29 is 4.79 Å². The van der Waals surface area contributed by atoms with E-state index in [1.165, 1.54) is 19.3 Å². The summed E-state index contributed by atoms with van der Waals surface area (Å²) in [4.78, 5) is 14.0. The Bertz CT molecular complexity index is 259. The van der Waals surface area contributed by atoms with Gasteiger partial charge in [0, 0.05) is 18.0 Å². The summed E-state index contributed by atoms with van der Waals surface area (Å²) in [6.45, 7) is 6.42. The quantitative estimate of drug-likeness (QED) is 0.560. The van der Waals surface area contributed by atoms with Crippen LogP contribution in [-0.4, -0.2) is 23.4 Å². The summed E-state index contributed by atoms with van der Waals surface area (Å²) in [5, 5.41) is 0. The predicted molar refractivity (Wildman–Crippen MR) is 52.3 cm³/mol. The number of hydrogen-bond acceptors (Lipinski definition) is 1. The third kappa shape index (κ3) is 0.976. The Hall–Kier alpha value is -0.530. The summed E-state index contributed by atoms with van der Waals surface area (Å²) in [6.07, 6.45) is 3.60. The van der Waals surface area contributed by atoms with E-state index in [2.05, 4.69) is 20.8 Å². The van der Waals surface area contributed by atoms with E-state index in [0.29, 0.717) is 11.8 Å². The minimum absolute atomic E-state index is 0.120. The van der Waals surface area contributed by atoms with Crippen molar-refractivity contribution >= 4 is 5.91 Å². The van der Waals surface area contributed by atoms with Crippen LogP contribution in [0.5, 0.6) is 0 Å². The van der Waals surface area contributed by atoms with Crippen LogP contribution in [0.15, 0.2) is 0 Å². The van der Waals surface area contributed by atoms with Crippen molar-refractivity contribution in [2.24, 2.45) is 11.3 Å². The Labute approximate surface area is 80.3 Å². The van der Waals surface area contributed by atoms with Crippen LogP contribution in [0, 0.1) is 11.3 Å². The van der Waals surface area contributed by atoms with E-state index in [1.807, 2.05) is 11.9 Å². The average Bonchev–Trinajstić information content (AvgIpc) is 2.43. The fourth-order valence-corrected chi connectivity index (χ4v) is 2.99. The smallest absolute Gasteiger partial charge is 0.228 e. The summed E-state index contributed by atoms with van der Waals surface area (Å²) in [5.74, 6) is 0.949. The van der Waals surface area contributed by atoms with Gasteiger partial charge in [0.25, 0.3) is 0 Å². The van der Waals surface area contributed by atoms with Gasteiger partial charge in [-0.2, -0.15) is 0 Å². The molecular formula is C11H19NO. The van der Waals surface area contributed by atoms with Crippen molar-refractivity contribution in [3.63, 3.8) is 0 Å². The molecule has 2 atom stereocenters. The standard InChI is InChI=1S/C11H19NO/c1-10(2)8-5-6-11(3,7-8)12(4)9(10)13/h8H,5-7H2,1-4H3/t8-,11+/m0/s1. The first-order valence-electron chi connectivity index (χ1n) is 5.16. The predicted octanol–water partition coefficient (Wildman–Crippen LogP) is 2.04. The number of piperidine rings is 1. The van der Waals surface area contributed by atoms with Gasteiger partial charge >= 0.3 is 0 Å². The molecule has 0 aromatic rings. The number of rotatable bonds is 0. The summed E-state index contributed by atoms with van der Waals surface area (Å²) in [5.41, 5.74) is 0.0437. The van der Waals surface area contributed by atoms with Gasteiger partial charge < -0.3 is 4.90 Å². The van der Waals surface area contributed by atoms with Crippen molar-refractivity contribution in [3.05, 3.63) is 0 Å². The molecule has 2 fully saturated rings. The summed E-state index contributed by atoms with van der Waals surface area (Å²) >= 11 is 0. The second-order valence-corrected chi connectivity index (χ2v) is 5.52. The van der Waals surface area contributed by atoms with Gasteiger partial charge in [-0.1, -0.05) is 13.8 Å². The monoisotopic (exact) mass is 181 g/mol. The Morgan fingerprint density at radius 1 is 1.38 bits per heavy atom. The van der Waals surface area contributed by atoms with Gasteiger partial charge in [-0.3, -0.25) is 4.79 Å². The van der Waals surface area contributed by atoms with Gasteiger partial charge in [-0.25, -0.2) is 0 Å². The minimum atomic E-state index is -0.120. The average molecular weight is 181 g/mol. The molecule has 1 saturated heterocycles. The molecule has 1 aliphatic heterocycles. The molecule has 1 heterocycles. The lowest BCUT2D eigenvalue weighted by atomic mass is 9.72. The van der Waals surface area contributed by atoms with E-state index in [1.54, 1.807) is 0 Å². The Kier molecular flexibility index (Phi) is 1.59. The maximum absolute atomic E-state index is 12.0. The van der Waals surface area contributed by atoms with Crippen LogP contribution in [0.4, 0.5) is 0 Å². The van der Waals surface area contributed by atoms with Gasteiger partial charge in [0.1, 0.15) is 0 Å². The maximum atomic E-state index is 12.0. The van der Waals surface area contributed by atoms with E-state index >= 15 is 0 Å². The summed E-state index contributed by atoms with van der Waals surface area (Å²) < 4.78 is 0. The Morgan fingerprint density at radius 2 is 2.00 bits per heavy atom. The number of nitrogens with zero attached hydrogens (tertiary/aromatic N) is 1. The van der Waals surface area contributed by atoms with E-state index < -0.39 is 0 Å². The molecule has 0 unspecified atom stereocenters. The van der Waals surface area contributed by atoms with Crippen LogP contribution >= 0.6 is 0 Å². The largest absolute Gasteiger partial charge is 0.340 e. The molecule has 2 aliphatic rings. The molecule has 0 radical (unpaired) electrons. The highest BCUT2D eigenvalue weighted by molar-refractivity contribution is 5.84. The second-order valence-electron chi connectivity index (χ2n) is 5.52. The van der Waals surface area contributed by atoms with E-state index in [0.717, 1.165) is 0 Å². The van der Waals surface area contributed by atoms with Gasteiger partial charge in [0.15, 0.2) is 0 Å². The molecule has 2 nitrogen and oxygen atoms in total. The van der Waals surface area contributed by atoms with Crippen LogP contribution in [0.1, 0.15) is 40.0 Å². The number of hydrogen-bond donors (Lipinski definition) is 0. The SMILES string of the molecule is CN1C(=O)C(C)(C)[C@H]2CC[C@]1(C)C2. The fraction of sp³-hybridized carbons (Fsp3) is 0.909. The zero-order chi connectivity index (χ0) is 9.85. The number of amides is 1. The zero-order valence-electron chi connectivity index (χ0n) is 9.05. The molecule has 0 spiro atoms. The molecule has 2 bridgehead atoms. The molecular weight excluding hydrogens is 162 g/mol. The molecule has 1 amide bonds. The molecule has 0 N–H and O–H groups in total. The van der Waals surface area contributed by atoms with Gasteiger partial charge in [0.2, 0.25) is 5.91 Å². The number of likely N-dealkylation sites (tertiary alicyclic amines) is 1. The van der Waals surface area contributed by atoms with Gasteiger partial charge in [-0.05, 0) is 32.1 Å². The lowest BCUT2D eigenvalue weighted by molar-refractivity contribution is -0.151. The first-order valence-corrected chi connectivity index (χ1v) is 5.16. The van der Waals surface area contributed by atoms with E-state index in [4.69, 9.17) is 0 Å². The summed E-state index contributed by atoms with van der Waals surface area (Å²) in [7, 11) is 1.96. The number of carbonyl (C=O) groups excluding carboxylic acids is 1.